The zero-order valence-corrected chi connectivity index (χ0v) is 29.5. The normalized spacial score (nSPS) is 15.8. The molecule has 2 heterocycles. The fourth-order valence-electron chi connectivity index (χ4n) is 6.68. The van der Waals surface area contributed by atoms with Crippen LogP contribution in [0.1, 0.15) is 59.8 Å². The molecule has 1 saturated heterocycles. The number of nitrogens with one attached hydrogen (secondary N) is 1. The lowest BCUT2D eigenvalue weighted by molar-refractivity contribution is -0.155. The number of benzene rings is 3. The van der Waals surface area contributed by atoms with Crippen LogP contribution in [-0.2, 0) is 22.6 Å². The van der Waals surface area contributed by atoms with Crippen molar-refractivity contribution in [1.29, 1.82) is 0 Å². The number of pyridine rings is 1. The number of amides is 1. The van der Waals surface area contributed by atoms with Crippen LogP contribution in [0.3, 0.4) is 0 Å². The Morgan fingerprint density at radius 3 is 2.22 bits per heavy atom. The summed E-state index contributed by atoms with van der Waals surface area (Å²) in [5.41, 5.74) is -1.39. The average Bonchev–Trinajstić information content (AvgIpc) is 3.05. The maximum Gasteiger partial charge on any atom is 0.416 e. The molecule has 0 saturated carbocycles. The van der Waals surface area contributed by atoms with E-state index in [1.54, 1.807) is 0 Å². The third-order valence-corrected chi connectivity index (χ3v) is 10.2. The third-order valence-electron chi connectivity index (χ3n) is 9.13. The van der Waals surface area contributed by atoms with E-state index in [2.05, 4.69) is 29.0 Å². The Bertz CT molecular complexity index is 1980. The molecular formula is C37H40F6N4O3S. The van der Waals surface area contributed by atoms with Crippen molar-refractivity contribution >= 4 is 26.6 Å². The van der Waals surface area contributed by atoms with Gasteiger partial charge >= 0.3 is 12.4 Å². The van der Waals surface area contributed by atoms with Gasteiger partial charge in [-0.05, 0) is 74.8 Å². The molecule has 0 unspecified atom stereocenters. The standard InChI is InChI=1S/C37H40F6N4O3S/c1-23(2)21-46(3)27-15-17-47(18-16-27)22-30-32(35(48)45-34(37(41,42)43)24-9-6-5-7-10-24)29-20-28(51(4,49)50)13-14-31(29)44-33(30)25-11-8-12-26(19-25)36(38,39)40/h5-14,19-20,23,27,34H,15-18,21-22H2,1-4H3,(H,45,48)/t34-/m1/s1. The maximum atomic E-state index is 14.5. The minimum Gasteiger partial charge on any atom is -0.337 e. The highest BCUT2D eigenvalue weighted by molar-refractivity contribution is 7.90. The number of alkyl halides is 6. The SMILES string of the molecule is CC(C)CN(C)C1CCN(Cc2c(-c3cccc(C(F)(F)F)c3)nc3ccc(S(C)(=O)=O)cc3c2C(=O)N[C@H](c2ccccc2)C(F)(F)F)CC1. The summed E-state index contributed by atoms with van der Waals surface area (Å²) in [4.78, 5) is 23.1. The summed E-state index contributed by atoms with van der Waals surface area (Å²) in [5.74, 6) is -0.727. The molecular weight excluding hydrogens is 694 g/mol. The summed E-state index contributed by atoms with van der Waals surface area (Å²) in [6.45, 7) is 6.16. The zero-order chi connectivity index (χ0) is 37.3. The first-order valence-corrected chi connectivity index (χ1v) is 18.4. The van der Waals surface area contributed by atoms with Crippen molar-refractivity contribution in [1.82, 2.24) is 20.1 Å². The molecule has 1 aliphatic rings. The minimum atomic E-state index is -4.92. The Balaban J connectivity index is 1.72. The molecule has 1 aromatic heterocycles. The number of halogens is 6. The highest BCUT2D eigenvalue weighted by atomic mass is 32.2. The molecule has 0 spiro atoms. The molecule has 1 amide bonds. The van der Waals surface area contributed by atoms with Crippen LogP contribution in [0.2, 0.25) is 0 Å². The number of piperidine rings is 1. The number of rotatable bonds is 10. The van der Waals surface area contributed by atoms with Gasteiger partial charge in [0.25, 0.3) is 5.91 Å². The highest BCUT2D eigenvalue weighted by Crippen LogP contribution is 2.38. The molecule has 0 bridgehead atoms. The lowest BCUT2D eigenvalue weighted by Gasteiger charge is -2.38. The van der Waals surface area contributed by atoms with Crippen molar-refractivity contribution < 1.29 is 39.6 Å². The first kappa shape index (κ1) is 38.2. The molecule has 1 aliphatic heterocycles. The molecule has 1 atom stereocenters. The summed E-state index contributed by atoms with van der Waals surface area (Å²) >= 11 is 0. The number of aromatic nitrogens is 1. The molecule has 51 heavy (non-hydrogen) atoms. The van der Waals surface area contributed by atoms with Gasteiger partial charge in [0.1, 0.15) is 0 Å². The second-order valence-electron chi connectivity index (χ2n) is 13.5. The molecule has 274 valence electrons. The van der Waals surface area contributed by atoms with E-state index in [9.17, 15) is 39.6 Å². The van der Waals surface area contributed by atoms with E-state index < -0.39 is 39.7 Å². The summed E-state index contributed by atoms with van der Waals surface area (Å²) in [7, 11) is -1.81. The predicted molar refractivity (Wildman–Crippen MR) is 184 cm³/mol. The summed E-state index contributed by atoms with van der Waals surface area (Å²) in [6, 6.07) is 12.7. The Kier molecular flexibility index (Phi) is 11.2. The first-order valence-electron chi connectivity index (χ1n) is 16.5. The van der Waals surface area contributed by atoms with Crippen molar-refractivity contribution in [2.24, 2.45) is 5.92 Å². The first-order chi connectivity index (χ1) is 23.8. The number of hydrogen-bond acceptors (Lipinski definition) is 6. The fourth-order valence-corrected chi connectivity index (χ4v) is 7.32. The van der Waals surface area contributed by atoms with E-state index >= 15 is 0 Å². The Labute approximate surface area is 293 Å². The van der Waals surface area contributed by atoms with Gasteiger partial charge in [-0.25, -0.2) is 13.4 Å². The van der Waals surface area contributed by atoms with Crippen LogP contribution < -0.4 is 5.32 Å². The maximum absolute atomic E-state index is 14.5. The smallest absolute Gasteiger partial charge is 0.337 e. The van der Waals surface area contributed by atoms with Crippen molar-refractivity contribution in [3.05, 3.63) is 95.1 Å². The monoisotopic (exact) mass is 734 g/mol. The van der Waals surface area contributed by atoms with E-state index in [1.807, 2.05) is 11.9 Å². The molecule has 3 aromatic carbocycles. The van der Waals surface area contributed by atoms with Crippen molar-refractivity contribution in [2.75, 3.05) is 32.9 Å². The Hall–Kier alpha value is -4.01. The van der Waals surface area contributed by atoms with E-state index in [-0.39, 0.29) is 56.3 Å². The Morgan fingerprint density at radius 2 is 1.63 bits per heavy atom. The quantitative estimate of drug-likeness (QED) is 0.167. The third kappa shape index (κ3) is 9.08. The topological polar surface area (TPSA) is 82.6 Å². The second-order valence-corrected chi connectivity index (χ2v) is 15.6. The van der Waals surface area contributed by atoms with Gasteiger partial charge in [0.05, 0.1) is 27.2 Å². The molecule has 1 fully saturated rings. The van der Waals surface area contributed by atoms with Gasteiger partial charge in [0.15, 0.2) is 15.9 Å². The van der Waals surface area contributed by atoms with Gasteiger partial charge in [-0.1, -0.05) is 56.3 Å². The number of likely N-dealkylation sites (tertiary alicyclic amines) is 1. The molecule has 7 nitrogen and oxygen atoms in total. The van der Waals surface area contributed by atoms with Crippen LogP contribution in [0.5, 0.6) is 0 Å². The van der Waals surface area contributed by atoms with E-state index in [1.165, 1.54) is 60.7 Å². The number of hydrogen-bond donors (Lipinski definition) is 1. The largest absolute Gasteiger partial charge is 0.416 e. The molecule has 0 aliphatic carbocycles. The van der Waals surface area contributed by atoms with Crippen LogP contribution in [-0.4, -0.2) is 74.3 Å². The highest BCUT2D eigenvalue weighted by Gasteiger charge is 2.43. The van der Waals surface area contributed by atoms with Crippen molar-refractivity contribution in [3.8, 4) is 11.3 Å². The summed E-state index contributed by atoms with van der Waals surface area (Å²) < 4.78 is 111. The van der Waals surface area contributed by atoms with Gasteiger partial charge in [-0.3, -0.25) is 9.69 Å². The van der Waals surface area contributed by atoms with Crippen molar-refractivity contribution in [3.63, 3.8) is 0 Å². The molecule has 5 rings (SSSR count). The van der Waals surface area contributed by atoms with E-state index in [0.717, 1.165) is 37.8 Å². The van der Waals surface area contributed by atoms with Gasteiger partial charge in [-0.15, -0.1) is 0 Å². The van der Waals surface area contributed by atoms with Crippen LogP contribution in [0.4, 0.5) is 26.3 Å². The van der Waals surface area contributed by atoms with Gasteiger partial charge in [0.2, 0.25) is 0 Å². The zero-order valence-electron chi connectivity index (χ0n) is 28.6. The number of carbonyl (C=O) groups excluding carboxylic acids is 1. The number of fused-ring (bicyclic) bond motifs is 1. The minimum absolute atomic E-state index is 0.00458. The van der Waals surface area contributed by atoms with Crippen LogP contribution in [0.15, 0.2) is 77.7 Å². The predicted octanol–water partition coefficient (Wildman–Crippen LogP) is 7.91. The number of carbonyl (C=O) groups is 1. The molecule has 4 aromatic rings. The number of nitrogens with zero attached hydrogens (tertiary/aromatic N) is 3. The lowest BCUT2D eigenvalue weighted by Crippen LogP contribution is -2.44. The van der Waals surface area contributed by atoms with E-state index in [4.69, 9.17) is 0 Å². The lowest BCUT2D eigenvalue weighted by atomic mass is 9.93. The van der Waals surface area contributed by atoms with Gasteiger partial charge in [0, 0.05) is 41.9 Å². The molecule has 14 heteroatoms. The molecule has 1 N–H and O–H groups in total. The summed E-state index contributed by atoms with van der Waals surface area (Å²) in [5, 5.41) is 2.09. The van der Waals surface area contributed by atoms with Gasteiger partial charge in [-0.2, -0.15) is 26.3 Å². The fraction of sp³-hybridized carbons (Fsp3) is 0.405. The van der Waals surface area contributed by atoms with Crippen molar-refractivity contribution in [2.45, 2.75) is 62.6 Å². The van der Waals surface area contributed by atoms with Crippen LogP contribution in [0.25, 0.3) is 22.2 Å². The van der Waals surface area contributed by atoms with Gasteiger partial charge < -0.3 is 10.2 Å². The van der Waals surface area contributed by atoms with E-state index in [0.29, 0.717) is 19.0 Å². The summed E-state index contributed by atoms with van der Waals surface area (Å²) in [6.07, 6.45) is -7.20. The van der Waals surface area contributed by atoms with Crippen LogP contribution in [0, 0.1) is 5.92 Å². The average molecular weight is 735 g/mol. The number of sulfone groups is 1. The molecule has 0 radical (unpaired) electrons. The Morgan fingerprint density at radius 1 is 0.961 bits per heavy atom. The second kappa shape index (κ2) is 14.9. The van der Waals surface area contributed by atoms with Crippen LogP contribution >= 0.6 is 0 Å².